The van der Waals surface area contributed by atoms with E-state index in [1.54, 1.807) is 7.05 Å². The summed E-state index contributed by atoms with van der Waals surface area (Å²) in [6, 6.07) is 17.0. The number of rotatable bonds is 6. The third kappa shape index (κ3) is 5.93. The van der Waals surface area contributed by atoms with Crippen molar-refractivity contribution in [2.45, 2.75) is 44.9 Å². The predicted molar refractivity (Wildman–Crippen MR) is 110 cm³/mol. The van der Waals surface area contributed by atoms with Gasteiger partial charge in [-0.25, -0.2) is 8.42 Å². The van der Waals surface area contributed by atoms with Crippen LogP contribution in [0.1, 0.15) is 50.4 Å². The van der Waals surface area contributed by atoms with Gasteiger partial charge in [-0.15, -0.1) is 0 Å². The number of carbonyl (C=O) groups is 1. The van der Waals surface area contributed by atoms with Crippen molar-refractivity contribution in [2.75, 3.05) is 12.8 Å². The fraction of sp³-hybridized carbons (Fsp3) is 0.409. The zero-order valence-corrected chi connectivity index (χ0v) is 17.6. The third-order valence-corrected chi connectivity index (χ3v) is 6.27. The van der Waals surface area contributed by atoms with Crippen molar-refractivity contribution in [1.82, 2.24) is 4.90 Å². The number of hydrogen-bond donors (Lipinski definition) is 0. The van der Waals surface area contributed by atoms with Gasteiger partial charge in [-0.1, -0.05) is 75.4 Å². The molecule has 0 saturated heterocycles. The second kappa shape index (κ2) is 8.26. The average Bonchev–Trinajstić information content (AvgIpc) is 2.60. The van der Waals surface area contributed by atoms with Crippen LogP contribution < -0.4 is 0 Å². The fourth-order valence-corrected chi connectivity index (χ4v) is 4.25. The van der Waals surface area contributed by atoms with Gasteiger partial charge in [0, 0.05) is 7.05 Å². The van der Waals surface area contributed by atoms with Gasteiger partial charge in [-0.3, -0.25) is 4.79 Å². The second-order valence-corrected chi connectivity index (χ2v) is 10.1. The molecule has 0 aromatic heterocycles. The minimum Gasteiger partial charge on any atom is -0.338 e. The molecule has 0 fully saturated rings. The Morgan fingerprint density at radius 2 is 1.56 bits per heavy atom. The normalized spacial score (nSPS) is 13.2. The molecule has 2 aromatic carbocycles. The SMILES string of the molecule is C[C@H](c1ccccc1)N(C)C(=O)CS(=O)(=O)Cc1ccc(C(C)(C)C)cc1. The van der Waals surface area contributed by atoms with Crippen LogP contribution in [-0.4, -0.2) is 32.0 Å². The van der Waals surface area contributed by atoms with Crippen molar-refractivity contribution in [3.8, 4) is 0 Å². The van der Waals surface area contributed by atoms with E-state index in [1.807, 2.05) is 61.5 Å². The first kappa shape index (κ1) is 21.2. The molecule has 5 heteroatoms. The highest BCUT2D eigenvalue weighted by atomic mass is 32.2. The Labute approximate surface area is 163 Å². The van der Waals surface area contributed by atoms with E-state index in [2.05, 4.69) is 20.8 Å². The van der Waals surface area contributed by atoms with Crippen LogP contribution in [0.15, 0.2) is 54.6 Å². The van der Waals surface area contributed by atoms with Crippen molar-refractivity contribution in [1.29, 1.82) is 0 Å². The van der Waals surface area contributed by atoms with Crippen LogP contribution in [0.25, 0.3) is 0 Å². The first-order valence-corrected chi connectivity index (χ1v) is 10.9. The van der Waals surface area contributed by atoms with Gasteiger partial charge in [-0.2, -0.15) is 0 Å². The smallest absolute Gasteiger partial charge is 0.238 e. The van der Waals surface area contributed by atoms with Crippen LogP contribution in [0.5, 0.6) is 0 Å². The molecule has 0 saturated carbocycles. The van der Waals surface area contributed by atoms with E-state index in [4.69, 9.17) is 0 Å². The molecular formula is C22H29NO3S. The summed E-state index contributed by atoms with van der Waals surface area (Å²) in [5.74, 6) is -1.00. The monoisotopic (exact) mass is 387 g/mol. The molecule has 4 nitrogen and oxygen atoms in total. The van der Waals surface area contributed by atoms with E-state index >= 15 is 0 Å². The summed E-state index contributed by atoms with van der Waals surface area (Å²) in [7, 11) is -1.89. The molecule has 146 valence electrons. The number of hydrogen-bond acceptors (Lipinski definition) is 3. The Bertz CT molecular complexity index is 866. The van der Waals surface area contributed by atoms with E-state index in [0.29, 0.717) is 5.56 Å². The van der Waals surface area contributed by atoms with E-state index < -0.39 is 21.5 Å². The number of sulfone groups is 1. The van der Waals surface area contributed by atoms with E-state index in [0.717, 1.165) is 11.1 Å². The molecule has 0 unspecified atom stereocenters. The summed E-state index contributed by atoms with van der Waals surface area (Å²) < 4.78 is 25.0. The van der Waals surface area contributed by atoms with Crippen LogP contribution in [0.4, 0.5) is 0 Å². The van der Waals surface area contributed by atoms with E-state index in [-0.39, 0.29) is 17.2 Å². The molecule has 2 rings (SSSR count). The van der Waals surface area contributed by atoms with E-state index in [1.165, 1.54) is 4.90 Å². The molecule has 1 atom stereocenters. The number of amides is 1. The lowest BCUT2D eigenvalue weighted by Crippen LogP contribution is -2.34. The molecule has 0 bridgehead atoms. The maximum absolute atomic E-state index is 12.5. The molecule has 2 aromatic rings. The highest BCUT2D eigenvalue weighted by Gasteiger charge is 2.24. The van der Waals surface area contributed by atoms with Gasteiger partial charge in [0.15, 0.2) is 9.84 Å². The highest BCUT2D eigenvalue weighted by Crippen LogP contribution is 2.23. The average molecular weight is 388 g/mol. The molecule has 0 spiro atoms. The topological polar surface area (TPSA) is 54.5 Å². The predicted octanol–water partition coefficient (Wildman–Crippen LogP) is 4.12. The van der Waals surface area contributed by atoms with Crippen molar-refractivity contribution in [3.05, 3.63) is 71.3 Å². The molecule has 0 radical (unpaired) electrons. The lowest BCUT2D eigenvalue weighted by atomic mass is 9.87. The Morgan fingerprint density at radius 3 is 2.07 bits per heavy atom. The van der Waals surface area contributed by atoms with Crippen molar-refractivity contribution < 1.29 is 13.2 Å². The van der Waals surface area contributed by atoms with Gasteiger partial charge >= 0.3 is 0 Å². The van der Waals surface area contributed by atoms with Crippen molar-refractivity contribution in [3.63, 3.8) is 0 Å². The quantitative estimate of drug-likeness (QED) is 0.749. The zero-order chi connectivity index (χ0) is 20.2. The summed E-state index contributed by atoms with van der Waals surface area (Å²) in [4.78, 5) is 14.0. The number of carbonyl (C=O) groups excluding carboxylic acids is 1. The van der Waals surface area contributed by atoms with Gasteiger partial charge in [-0.05, 0) is 29.0 Å². The highest BCUT2D eigenvalue weighted by molar-refractivity contribution is 7.91. The van der Waals surface area contributed by atoms with Crippen LogP contribution in [0, 0.1) is 0 Å². The summed E-state index contributed by atoms with van der Waals surface area (Å²) in [6.45, 7) is 8.23. The lowest BCUT2D eigenvalue weighted by molar-refractivity contribution is -0.129. The van der Waals surface area contributed by atoms with Gasteiger partial charge < -0.3 is 4.90 Å². The van der Waals surface area contributed by atoms with Crippen LogP contribution in [-0.2, 0) is 25.8 Å². The summed E-state index contributed by atoms with van der Waals surface area (Å²) in [6.07, 6.45) is 0. The molecule has 1 amide bonds. The molecule has 0 aliphatic rings. The van der Waals surface area contributed by atoms with Crippen LogP contribution >= 0.6 is 0 Å². The Balaban J connectivity index is 2.03. The molecule has 27 heavy (non-hydrogen) atoms. The van der Waals surface area contributed by atoms with Gasteiger partial charge in [0.05, 0.1) is 11.8 Å². The molecule has 0 aliphatic heterocycles. The standard InChI is InChI=1S/C22H29NO3S/c1-17(19-9-7-6-8-10-19)23(5)21(24)16-27(25,26)15-18-11-13-20(14-12-18)22(2,3)4/h6-14,17H,15-16H2,1-5H3/t17-/m1/s1. The third-order valence-electron chi connectivity index (χ3n) is 4.81. The maximum atomic E-state index is 12.5. The van der Waals surface area contributed by atoms with Gasteiger partial charge in [0.2, 0.25) is 5.91 Å². The number of benzene rings is 2. The fourth-order valence-electron chi connectivity index (χ4n) is 2.87. The summed E-state index contributed by atoms with van der Waals surface area (Å²) in [5, 5.41) is 0. The van der Waals surface area contributed by atoms with Crippen molar-refractivity contribution in [2.24, 2.45) is 0 Å². The first-order valence-electron chi connectivity index (χ1n) is 9.10. The Morgan fingerprint density at radius 1 is 1.00 bits per heavy atom. The van der Waals surface area contributed by atoms with Gasteiger partial charge in [0.25, 0.3) is 0 Å². The Kier molecular flexibility index (Phi) is 6.47. The first-order chi connectivity index (χ1) is 12.5. The minimum atomic E-state index is -3.53. The largest absolute Gasteiger partial charge is 0.338 e. The maximum Gasteiger partial charge on any atom is 0.238 e. The molecular weight excluding hydrogens is 358 g/mol. The zero-order valence-electron chi connectivity index (χ0n) is 16.8. The minimum absolute atomic E-state index is 0.0175. The van der Waals surface area contributed by atoms with Crippen LogP contribution in [0.2, 0.25) is 0 Å². The van der Waals surface area contributed by atoms with Crippen molar-refractivity contribution >= 4 is 15.7 Å². The van der Waals surface area contributed by atoms with Gasteiger partial charge in [0.1, 0.15) is 5.75 Å². The van der Waals surface area contributed by atoms with E-state index in [9.17, 15) is 13.2 Å². The second-order valence-electron chi connectivity index (χ2n) is 8.07. The molecule has 0 aliphatic carbocycles. The van der Waals surface area contributed by atoms with Crippen LogP contribution in [0.3, 0.4) is 0 Å². The summed E-state index contributed by atoms with van der Waals surface area (Å²) >= 11 is 0. The lowest BCUT2D eigenvalue weighted by Gasteiger charge is -2.25. The Hall–Kier alpha value is -2.14. The molecule has 0 N–H and O–H groups in total. The number of nitrogens with zero attached hydrogens (tertiary/aromatic N) is 1. The molecule has 0 heterocycles. The summed E-state index contributed by atoms with van der Waals surface area (Å²) in [5.41, 5.74) is 2.85.